The first kappa shape index (κ1) is 15.3. The molecule has 0 aromatic heterocycles. The van der Waals surface area contributed by atoms with Gasteiger partial charge in [0, 0.05) is 17.8 Å². The molecule has 5 nitrogen and oxygen atoms in total. The summed E-state index contributed by atoms with van der Waals surface area (Å²) in [5.74, 6) is -0.533. The molecule has 1 aliphatic rings. The predicted molar refractivity (Wildman–Crippen MR) is 73.2 cm³/mol. The molecule has 1 fully saturated rings. The van der Waals surface area contributed by atoms with Gasteiger partial charge >= 0.3 is 5.97 Å². The first-order chi connectivity index (χ1) is 9.40. The van der Waals surface area contributed by atoms with Crippen LogP contribution in [0, 0.1) is 0 Å². The Kier molecular flexibility index (Phi) is 4.67. The molecule has 0 N–H and O–H groups in total. The first-order valence-corrected chi connectivity index (χ1v) is 8.49. The molecule has 0 atom stereocenters. The summed E-state index contributed by atoms with van der Waals surface area (Å²) in [7, 11) is 2.90. The van der Waals surface area contributed by atoms with Gasteiger partial charge in [-0.3, -0.25) is 0 Å². The van der Waals surface area contributed by atoms with E-state index in [2.05, 4.69) is 0 Å². The van der Waals surface area contributed by atoms with Crippen LogP contribution in [-0.4, -0.2) is 27.6 Å². The molecule has 1 aliphatic carbocycles. The lowest BCUT2D eigenvalue weighted by Crippen LogP contribution is -2.25. The highest BCUT2D eigenvalue weighted by molar-refractivity contribution is 8.13. The van der Waals surface area contributed by atoms with Crippen LogP contribution >= 0.6 is 10.7 Å². The summed E-state index contributed by atoms with van der Waals surface area (Å²) in [6.45, 7) is 0.184. The van der Waals surface area contributed by atoms with Crippen LogP contribution in [0.5, 0.6) is 0 Å². The van der Waals surface area contributed by atoms with E-state index in [0.717, 1.165) is 19.3 Å². The SMILES string of the molecule is COCc1cc(C(=O)OC2CCC2)cc(S(=O)(=O)Cl)c1. The number of rotatable bonds is 5. The molecule has 0 amide bonds. The summed E-state index contributed by atoms with van der Waals surface area (Å²) in [6, 6.07) is 4.16. The van der Waals surface area contributed by atoms with Crippen molar-refractivity contribution in [2.75, 3.05) is 7.11 Å². The maximum absolute atomic E-state index is 12.0. The fourth-order valence-electron chi connectivity index (χ4n) is 1.88. The Morgan fingerprint density at radius 3 is 2.55 bits per heavy atom. The molecule has 1 saturated carbocycles. The van der Waals surface area contributed by atoms with Crippen LogP contribution in [0.3, 0.4) is 0 Å². The van der Waals surface area contributed by atoms with Crippen molar-refractivity contribution in [3.63, 3.8) is 0 Å². The van der Waals surface area contributed by atoms with Gasteiger partial charge in [-0.15, -0.1) is 0 Å². The molecular formula is C13H15ClO5S. The van der Waals surface area contributed by atoms with Crippen LogP contribution < -0.4 is 0 Å². The topological polar surface area (TPSA) is 69.7 Å². The molecule has 0 aliphatic heterocycles. The van der Waals surface area contributed by atoms with Gasteiger partial charge in [0.2, 0.25) is 0 Å². The van der Waals surface area contributed by atoms with E-state index in [1.54, 1.807) is 6.07 Å². The van der Waals surface area contributed by atoms with Gasteiger partial charge in [-0.05, 0) is 43.0 Å². The second kappa shape index (κ2) is 6.11. The third kappa shape index (κ3) is 3.71. The van der Waals surface area contributed by atoms with E-state index < -0.39 is 15.0 Å². The number of hydrogen-bond donors (Lipinski definition) is 0. The predicted octanol–water partition coefficient (Wildman–Crippen LogP) is 2.47. The van der Waals surface area contributed by atoms with Crippen LogP contribution in [0.2, 0.25) is 0 Å². The van der Waals surface area contributed by atoms with Gasteiger partial charge in [-0.1, -0.05) is 0 Å². The Morgan fingerprint density at radius 1 is 1.35 bits per heavy atom. The summed E-state index contributed by atoms with van der Waals surface area (Å²) >= 11 is 0. The minimum Gasteiger partial charge on any atom is -0.459 e. The number of ether oxygens (including phenoxy) is 2. The second-order valence-corrected chi connectivity index (χ2v) is 7.26. The van der Waals surface area contributed by atoms with E-state index in [0.29, 0.717) is 5.56 Å². The minimum absolute atomic E-state index is 0.0651. The number of carbonyl (C=O) groups is 1. The van der Waals surface area contributed by atoms with Crippen LogP contribution in [0.1, 0.15) is 35.2 Å². The smallest absolute Gasteiger partial charge is 0.338 e. The molecular weight excluding hydrogens is 304 g/mol. The second-order valence-electron chi connectivity index (χ2n) is 4.69. The number of carbonyl (C=O) groups excluding carboxylic acids is 1. The van der Waals surface area contributed by atoms with Crippen molar-refractivity contribution in [2.24, 2.45) is 0 Å². The number of halogens is 1. The summed E-state index contributed by atoms with van der Waals surface area (Å²) < 4.78 is 33.1. The lowest BCUT2D eigenvalue weighted by atomic mass is 9.96. The maximum atomic E-state index is 12.0. The lowest BCUT2D eigenvalue weighted by molar-refractivity contribution is 0.00895. The van der Waals surface area contributed by atoms with Crippen molar-refractivity contribution in [1.29, 1.82) is 0 Å². The quantitative estimate of drug-likeness (QED) is 0.616. The Morgan fingerprint density at radius 2 is 2.05 bits per heavy atom. The van der Waals surface area contributed by atoms with E-state index in [9.17, 15) is 13.2 Å². The third-order valence-corrected chi connectivity index (χ3v) is 4.45. The molecule has 0 bridgehead atoms. The summed E-state index contributed by atoms with van der Waals surface area (Å²) in [5, 5.41) is 0. The van der Waals surface area contributed by atoms with Crippen molar-refractivity contribution in [1.82, 2.24) is 0 Å². The number of methoxy groups -OCH3 is 1. The monoisotopic (exact) mass is 318 g/mol. The Hall–Kier alpha value is -1.11. The molecule has 0 unspecified atom stereocenters. The molecule has 1 aromatic rings. The Bertz CT molecular complexity index is 607. The molecule has 0 heterocycles. The van der Waals surface area contributed by atoms with E-state index >= 15 is 0 Å². The molecule has 110 valence electrons. The molecule has 0 saturated heterocycles. The highest BCUT2D eigenvalue weighted by atomic mass is 35.7. The molecule has 1 aromatic carbocycles. The van der Waals surface area contributed by atoms with Crippen LogP contribution in [0.25, 0.3) is 0 Å². The fraction of sp³-hybridized carbons (Fsp3) is 0.462. The van der Waals surface area contributed by atoms with Gasteiger partial charge in [0.25, 0.3) is 9.05 Å². The van der Waals surface area contributed by atoms with Crippen molar-refractivity contribution >= 4 is 25.7 Å². The third-order valence-electron chi connectivity index (χ3n) is 3.12. The summed E-state index contributed by atoms with van der Waals surface area (Å²) in [6.07, 6.45) is 2.68. The number of esters is 1. The van der Waals surface area contributed by atoms with Gasteiger partial charge in [0.15, 0.2) is 0 Å². The largest absolute Gasteiger partial charge is 0.459 e. The van der Waals surface area contributed by atoms with Gasteiger partial charge in [-0.2, -0.15) is 0 Å². The van der Waals surface area contributed by atoms with E-state index in [1.165, 1.54) is 19.2 Å². The highest BCUT2D eigenvalue weighted by Crippen LogP contribution is 2.25. The minimum atomic E-state index is -3.91. The van der Waals surface area contributed by atoms with Crippen molar-refractivity contribution in [3.8, 4) is 0 Å². The normalized spacial score (nSPS) is 15.7. The van der Waals surface area contributed by atoms with Crippen LogP contribution in [0.15, 0.2) is 23.1 Å². The van der Waals surface area contributed by atoms with Crippen molar-refractivity contribution in [3.05, 3.63) is 29.3 Å². The molecule has 20 heavy (non-hydrogen) atoms. The summed E-state index contributed by atoms with van der Waals surface area (Å²) in [4.78, 5) is 11.9. The Labute approximate surface area is 122 Å². The van der Waals surface area contributed by atoms with Crippen LogP contribution in [0.4, 0.5) is 0 Å². The number of hydrogen-bond acceptors (Lipinski definition) is 5. The van der Waals surface area contributed by atoms with E-state index in [1.807, 2.05) is 0 Å². The number of benzene rings is 1. The van der Waals surface area contributed by atoms with Crippen molar-refractivity contribution in [2.45, 2.75) is 36.9 Å². The van der Waals surface area contributed by atoms with Crippen LogP contribution in [-0.2, 0) is 25.1 Å². The maximum Gasteiger partial charge on any atom is 0.338 e. The zero-order valence-electron chi connectivity index (χ0n) is 11.0. The fourth-order valence-corrected chi connectivity index (χ4v) is 2.70. The lowest BCUT2D eigenvalue weighted by Gasteiger charge is -2.25. The first-order valence-electron chi connectivity index (χ1n) is 6.18. The molecule has 0 radical (unpaired) electrons. The molecule has 2 rings (SSSR count). The zero-order valence-corrected chi connectivity index (χ0v) is 12.5. The van der Waals surface area contributed by atoms with E-state index in [-0.39, 0.29) is 23.2 Å². The molecule has 0 spiro atoms. The van der Waals surface area contributed by atoms with Crippen molar-refractivity contribution < 1.29 is 22.7 Å². The van der Waals surface area contributed by atoms with E-state index in [4.69, 9.17) is 20.2 Å². The van der Waals surface area contributed by atoms with Gasteiger partial charge in [-0.25, -0.2) is 13.2 Å². The Balaban J connectivity index is 2.30. The molecule has 7 heteroatoms. The average Bonchev–Trinajstić information content (AvgIpc) is 2.32. The average molecular weight is 319 g/mol. The van der Waals surface area contributed by atoms with Gasteiger partial charge in [0.05, 0.1) is 17.1 Å². The van der Waals surface area contributed by atoms with Gasteiger partial charge in [0.1, 0.15) is 6.10 Å². The highest BCUT2D eigenvalue weighted by Gasteiger charge is 2.23. The zero-order chi connectivity index (χ0) is 14.8. The summed E-state index contributed by atoms with van der Waals surface area (Å²) in [5.41, 5.74) is 0.723. The standard InChI is InChI=1S/C13H15ClO5S/c1-18-8-9-5-10(7-12(6-9)20(14,16)17)13(15)19-11-3-2-4-11/h5-7,11H,2-4,8H2,1H3. The van der Waals surface area contributed by atoms with Gasteiger partial charge < -0.3 is 9.47 Å².